The fourth-order valence-corrected chi connectivity index (χ4v) is 1.70. The lowest BCUT2D eigenvalue weighted by atomic mass is 10.2. The van der Waals surface area contributed by atoms with Gasteiger partial charge in [0.2, 0.25) is 0 Å². The number of nitrogens with one attached hydrogen (secondary N) is 2. The largest absolute Gasteiger partial charge is 0.323 e. The SMILES string of the molecule is NNc1ccncc1C(=O)Nc1ccc(Br)cc1. The van der Waals surface area contributed by atoms with Crippen molar-refractivity contribution in [1.82, 2.24) is 4.98 Å². The molecule has 0 aliphatic heterocycles. The molecular weight excluding hydrogens is 296 g/mol. The van der Waals surface area contributed by atoms with Crippen molar-refractivity contribution in [1.29, 1.82) is 0 Å². The minimum absolute atomic E-state index is 0.265. The number of nitrogens with two attached hydrogens (primary N) is 1. The summed E-state index contributed by atoms with van der Waals surface area (Å²) in [5.74, 6) is 5.07. The molecule has 0 unspecified atom stereocenters. The summed E-state index contributed by atoms with van der Waals surface area (Å²) in [5, 5.41) is 2.76. The number of hydrogen-bond acceptors (Lipinski definition) is 4. The van der Waals surface area contributed by atoms with Crippen LogP contribution in [0.2, 0.25) is 0 Å². The van der Waals surface area contributed by atoms with Crippen LogP contribution in [0.4, 0.5) is 11.4 Å². The maximum atomic E-state index is 12.0. The predicted molar refractivity (Wildman–Crippen MR) is 74.1 cm³/mol. The Morgan fingerprint density at radius 3 is 2.61 bits per heavy atom. The van der Waals surface area contributed by atoms with Crippen LogP contribution in [0.5, 0.6) is 0 Å². The Kier molecular flexibility index (Phi) is 3.91. The third-order valence-electron chi connectivity index (χ3n) is 2.32. The fourth-order valence-electron chi connectivity index (χ4n) is 1.43. The lowest BCUT2D eigenvalue weighted by Crippen LogP contribution is -2.17. The van der Waals surface area contributed by atoms with Crippen molar-refractivity contribution in [2.45, 2.75) is 0 Å². The third kappa shape index (κ3) is 2.85. The zero-order valence-corrected chi connectivity index (χ0v) is 10.9. The molecule has 5 nitrogen and oxygen atoms in total. The molecule has 0 atom stereocenters. The second-order valence-corrected chi connectivity index (χ2v) is 4.44. The number of halogens is 1. The van der Waals surface area contributed by atoms with Crippen molar-refractivity contribution in [2.24, 2.45) is 5.84 Å². The predicted octanol–water partition coefficient (Wildman–Crippen LogP) is 2.38. The Morgan fingerprint density at radius 2 is 1.94 bits per heavy atom. The summed E-state index contributed by atoms with van der Waals surface area (Å²) in [7, 11) is 0. The van der Waals surface area contributed by atoms with Crippen LogP contribution in [0, 0.1) is 0 Å². The molecule has 0 fully saturated rings. The van der Waals surface area contributed by atoms with Gasteiger partial charge in [0.15, 0.2) is 0 Å². The number of carbonyl (C=O) groups is 1. The molecule has 0 aliphatic rings. The number of hydrazine groups is 1. The molecule has 1 aromatic carbocycles. The monoisotopic (exact) mass is 306 g/mol. The zero-order chi connectivity index (χ0) is 13.0. The number of anilines is 2. The van der Waals surface area contributed by atoms with E-state index in [2.05, 4.69) is 31.7 Å². The normalized spacial score (nSPS) is 9.89. The molecule has 1 heterocycles. The van der Waals surface area contributed by atoms with Crippen molar-refractivity contribution in [3.05, 3.63) is 52.8 Å². The highest BCUT2D eigenvalue weighted by molar-refractivity contribution is 9.10. The third-order valence-corrected chi connectivity index (χ3v) is 2.85. The molecule has 4 N–H and O–H groups in total. The molecule has 18 heavy (non-hydrogen) atoms. The van der Waals surface area contributed by atoms with E-state index in [9.17, 15) is 4.79 Å². The standard InChI is InChI=1S/C12H11BrN4O/c13-8-1-3-9(4-2-8)16-12(18)10-7-15-6-5-11(10)17-14/h1-7H,14H2,(H,15,17)(H,16,18). The first kappa shape index (κ1) is 12.5. The van der Waals surface area contributed by atoms with E-state index < -0.39 is 0 Å². The maximum absolute atomic E-state index is 12.0. The Morgan fingerprint density at radius 1 is 1.22 bits per heavy atom. The van der Waals surface area contributed by atoms with E-state index in [0.717, 1.165) is 4.47 Å². The van der Waals surface area contributed by atoms with E-state index in [1.807, 2.05) is 12.1 Å². The van der Waals surface area contributed by atoms with Crippen LogP contribution < -0.4 is 16.6 Å². The van der Waals surface area contributed by atoms with Crippen molar-refractivity contribution in [3.8, 4) is 0 Å². The second-order valence-electron chi connectivity index (χ2n) is 3.53. The van der Waals surface area contributed by atoms with Gasteiger partial charge in [-0.25, -0.2) is 0 Å². The Hall–Kier alpha value is -1.92. The second kappa shape index (κ2) is 5.61. The van der Waals surface area contributed by atoms with Gasteiger partial charge in [-0.2, -0.15) is 0 Å². The van der Waals surface area contributed by atoms with E-state index >= 15 is 0 Å². The molecule has 0 radical (unpaired) electrons. The van der Waals surface area contributed by atoms with Crippen LogP contribution in [-0.2, 0) is 0 Å². The minimum Gasteiger partial charge on any atom is -0.323 e. The number of rotatable bonds is 3. The van der Waals surface area contributed by atoms with E-state index in [1.54, 1.807) is 24.4 Å². The molecule has 0 aliphatic carbocycles. The molecule has 6 heteroatoms. The number of carbonyl (C=O) groups excluding carboxylic acids is 1. The number of nitrogens with zero attached hydrogens (tertiary/aromatic N) is 1. The average molecular weight is 307 g/mol. The molecule has 0 bridgehead atoms. The van der Waals surface area contributed by atoms with Crippen molar-refractivity contribution >= 4 is 33.2 Å². The highest BCUT2D eigenvalue weighted by Gasteiger charge is 2.10. The molecular formula is C12H11BrN4O. The summed E-state index contributed by atoms with van der Waals surface area (Å²) in [6.07, 6.45) is 3.02. The van der Waals surface area contributed by atoms with Crippen LogP contribution in [0.15, 0.2) is 47.2 Å². The quantitative estimate of drug-likeness (QED) is 0.601. The Bertz CT molecular complexity index is 556. The highest BCUT2D eigenvalue weighted by Crippen LogP contribution is 2.17. The van der Waals surface area contributed by atoms with Crippen LogP contribution in [0.25, 0.3) is 0 Å². The zero-order valence-electron chi connectivity index (χ0n) is 9.35. The molecule has 1 amide bonds. The minimum atomic E-state index is -0.265. The van der Waals surface area contributed by atoms with Gasteiger partial charge in [-0.1, -0.05) is 15.9 Å². The Labute approximate surface area is 113 Å². The van der Waals surface area contributed by atoms with Crippen LogP contribution in [0.1, 0.15) is 10.4 Å². The van der Waals surface area contributed by atoms with Crippen molar-refractivity contribution in [3.63, 3.8) is 0 Å². The fraction of sp³-hybridized carbons (Fsp3) is 0. The molecule has 0 saturated carbocycles. The van der Waals surface area contributed by atoms with Crippen LogP contribution in [0.3, 0.4) is 0 Å². The smallest absolute Gasteiger partial charge is 0.259 e. The van der Waals surface area contributed by atoms with Gasteiger partial charge in [0, 0.05) is 22.6 Å². The molecule has 0 saturated heterocycles. The summed E-state index contributed by atoms with van der Waals surface area (Å²) >= 11 is 3.33. The first-order valence-corrected chi connectivity index (χ1v) is 5.97. The van der Waals surface area contributed by atoms with Crippen LogP contribution in [-0.4, -0.2) is 10.9 Å². The summed E-state index contributed by atoms with van der Waals surface area (Å²) in [6, 6.07) is 8.93. The van der Waals surface area contributed by atoms with Gasteiger partial charge >= 0.3 is 0 Å². The van der Waals surface area contributed by atoms with E-state index in [1.165, 1.54) is 6.20 Å². The lowest BCUT2D eigenvalue weighted by molar-refractivity contribution is 0.102. The first-order valence-electron chi connectivity index (χ1n) is 5.18. The topological polar surface area (TPSA) is 80.0 Å². The number of benzene rings is 1. The van der Waals surface area contributed by atoms with Gasteiger partial charge < -0.3 is 10.7 Å². The Balaban J connectivity index is 2.19. The molecule has 2 rings (SSSR count). The van der Waals surface area contributed by atoms with E-state index in [0.29, 0.717) is 16.9 Å². The number of aromatic nitrogens is 1. The van der Waals surface area contributed by atoms with Gasteiger partial charge in [-0.05, 0) is 30.3 Å². The highest BCUT2D eigenvalue weighted by atomic mass is 79.9. The van der Waals surface area contributed by atoms with Crippen LogP contribution >= 0.6 is 15.9 Å². The molecule has 1 aromatic heterocycles. The number of amides is 1. The van der Waals surface area contributed by atoms with Gasteiger partial charge in [0.05, 0.1) is 11.3 Å². The van der Waals surface area contributed by atoms with Gasteiger partial charge in [-0.3, -0.25) is 15.6 Å². The van der Waals surface area contributed by atoms with Crippen molar-refractivity contribution in [2.75, 3.05) is 10.7 Å². The number of nitrogen functional groups attached to an aromatic ring is 1. The number of hydrogen-bond donors (Lipinski definition) is 3. The molecule has 92 valence electrons. The maximum Gasteiger partial charge on any atom is 0.259 e. The van der Waals surface area contributed by atoms with Crippen molar-refractivity contribution < 1.29 is 4.79 Å². The van der Waals surface area contributed by atoms with Gasteiger partial charge in [-0.15, -0.1) is 0 Å². The summed E-state index contributed by atoms with van der Waals surface area (Å²) in [6.45, 7) is 0. The first-order chi connectivity index (χ1) is 8.70. The summed E-state index contributed by atoms with van der Waals surface area (Å²) in [4.78, 5) is 15.9. The van der Waals surface area contributed by atoms with Gasteiger partial charge in [0.25, 0.3) is 5.91 Å². The van der Waals surface area contributed by atoms with E-state index in [4.69, 9.17) is 5.84 Å². The summed E-state index contributed by atoms with van der Waals surface area (Å²) < 4.78 is 0.950. The average Bonchev–Trinajstić information content (AvgIpc) is 2.41. The number of pyridine rings is 1. The molecule has 2 aromatic rings. The van der Waals surface area contributed by atoms with E-state index in [-0.39, 0.29) is 5.91 Å². The lowest BCUT2D eigenvalue weighted by Gasteiger charge is -2.08. The molecule has 0 spiro atoms. The summed E-state index contributed by atoms with van der Waals surface area (Å²) in [5.41, 5.74) is 4.09. The van der Waals surface area contributed by atoms with Gasteiger partial charge in [0.1, 0.15) is 0 Å².